The van der Waals surface area contributed by atoms with E-state index in [4.69, 9.17) is 0 Å². The summed E-state index contributed by atoms with van der Waals surface area (Å²) < 4.78 is 1.86. The Kier molecular flexibility index (Phi) is 3.36. The molecule has 2 aliphatic rings. The highest BCUT2D eigenvalue weighted by Gasteiger charge is 2.44. The average Bonchev–Trinajstić information content (AvgIpc) is 2.96. The number of aromatic nitrogens is 2. The third kappa shape index (κ3) is 2.50. The van der Waals surface area contributed by atoms with Crippen LogP contribution >= 0.6 is 0 Å². The molecule has 5 heteroatoms. The Morgan fingerprint density at radius 3 is 2.70 bits per heavy atom. The van der Waals surface area contributed by atoms with E-state index in [1.807, 2.05) is 47.1 Å². The van der Waals surface area contributed by atoms with Gasteiger partial charge < -0.3 is 10.2 Å². The number of hydrogen-bond donors (Lipinski definition) is 1. The Morgan fingerprint density at radius 2 is 2.04 bits per heavy atom. The minimum Gasteiger partial charge on any atom is -0.318 e. The van der Waals surface area contributed by atoms with Gasteiger partial charge >= 0.3 is 6.03 Å². The number of carbonyl (C=O) groups is 1. The molecular formula is C18H22N4O. The lowest BCUT2D eigenvalue weighted by atomic mass is 9.80. The molecule has 23 heavy (non-hydrogen) atoms. The van der Waals surface area contributed by atoms with E-state index >= 15 is 0 Å². The molecule has 2 saturated heterocycles. The number of anilines is 1. The van der Waals surface area contributed by atoms with Gasteiger partial charge in [-0.05, 0) is 62.8 Å². The Hall–Kier alpha value is -2.30. The Labute approximate surface area is 136 Å². The molecule has 1 N–H and O–H groups in total. The normalized spacial score (nSPS) is 22.6. The van der Waals surface area contributed by atoms with Crippen LogP contribution in [0.5, 0.6) is 0 Å². The second-order valence-electron chi connectivity index (χ2n) is 6.78. The third-order valence-corrected chi connectivity index (χ3v) is 5.06. The summed E-state index contributed by atoms with van der Waals surface area (Å²) in [7, 11) is 0. The number of piperidine rings is 1. The highest BCUT2D eigenvalue weighted by molar-refractivity contribution is 5.90. The number of rotatable bonds is 2. The van der Waals surface area contributed by atoms with Gasteiger partial charge in [0.05, 0.1) is 11.9 Å². The number of urea groups is 1. The van der Waals surface area contributed by atoms with Crippen LogP contribution in [0.2, 0.25) is 0 Å². The van der Waals surface area contributed by atoms with Crippen molar-refractivity contribution in [3.63, 3.8) is 0 Å². The molecule has 2 bridgehead atoms. The standard InChI is InChI=1S/C18H22N4O/c1-12-10-19-21(11-12)17-8-14(7-6-13(17)2)20-18(23)22-15-4-3-5-16(22)9-15/h6-8,10-11,15-16H,3-5,9H2,1-2H3,(H,20,23). The third-order valence-electron chi connectivity index (χ3n) is 5.06. The first-order valence-corrected chi connectivity index (χ1v) is 8.33. The van der Waals surface area contributed by atoms with Gasteiger partial charge in [-0.2, -0.15) is 5.10 Å². The number of fused-ring (bicyclic) bond motifs is 2. The summed E-state index contributed by atoms with van der Waals surface area (Å²) in [6.45, 7) is 4.07. The maximum atomic E-state index is 12.5. The number of hydrogen-bond acceptors (Lipinski definition) is 2. The molecule has 0 aliphatic carbocycles. The summed E-state index contributed by atoms with van der Waals surface area (Å²) in [4.78, 5) is 14.6. The number of carbonyl (C=O) groups excluding carboxylic acids is 1. The molecule has 2 unspecified atom stereocenters. The summed E-state index contributed by atoms with van der Waals surface area (Å²) in [6, 6.07) is 6.92. The summed E-state index contributed by atoms with van der Waals surface area (Å²) >= 11 is 0. The van der Waals surface area contributed by atoms with E-state index in [1.54, 1.807) is 0 Å². The number of benzene rings is 1. The Morgan fingerprint density at radius 1 is 1.26 bits per heavy atom. The maximum absolute atomic E-state index is 12.5. The van der Waals surface area contributed by atoms with E-state index in [-0.39, 0.29) is 6.03 Å². The van der Waals surface area contributed by atoms with Crippen LogP contribution < -0.4 is 5.32 Å². The van der Waals surface area contributed by atoms with Gasteiger partial charge in [0.25, 0.3) is 0 Å². The summed E-state index contributed by atoms with van der Waals surface area (Å²) in [5.74, 6) is 0. The minimum atomic E-state index is 0.0393. The zero-order chi connectivity index (χ0) is 16.0. The van der Waals surface area contributed by atoms with Gasteiger partial charge in [-0.3, -0.25) is 0 Å². The molecule has 2 aliphatic heterocycles. The molecule has 2 fully saturated rings. The van der Waals surface area contributed by atoms with E-state index in [9.17, 15) is 4.79 Å². The smallest absolute Gasteiger partial charge is 0.318 e. The lowest BCUT2D eigenvalue weighted by Gasteiger charge is -2.52. The number of aryl methyl sites for hydroxylation is 2. The first kappa shape index (κ1) is 14.3. The van der Waals surface area contributed by atoms with Crippen LogP contribution in [0.4, 0.5) is 10.5 Å². The van der Waals surface area contributed by atoms with E-state index in [1.165, 1.54) is 12.8 Å². The van der Waals surface area contributed by atoms with Crippen LogP contribution in [0.1, 0.15) is 36.8 Å². The highest BCUT2D eigenvalue weighted by atomic mass is 16.2. The van der Waals surface area contributed by atoms with Crippen LogP contribution in [-0.2, 0) is 0 Å². The summed E-state index contributed by atoms with van der Waals surface area (Å²) in [5.41, 5.74) is 4.08. The second kappa shape index (κ2) is 5.41. The number of nitrogens with one attached hydrogen (secondary N) is 1. The van der Waals surface area contributed by atoms with Crippen LogP contribution in [-0.4, -0.2) is 32.8 Å². The molecule has 120 valence electrons. The van der Waals surface area contributed by atoms with E-state index in [2.05, 4.69) is 17.3 Å². The second-order valence-corrected chi connectivity index (χ2v) is 6.78. The molecule has 0 radical (unpaired) electrons. The summed E-state index contributed by atoms with van der Waals surface area (Å²) in [5, 5.41) is 7.43. The molecule has 3 heterocycles. The molecular weight excluding hydrogens is 288 g/mol. The molecule has 1 aromatic carbocycles. The fraction of sp³-hybridized carbons (Fsp3) is 0.444. The van der Waals surface area contributed by atoms with E-state index < -0.39 is 0 Å². The van der Waals surface area contributed by atoms with Crippen LogP contribution in [0.15, 0.2) is 30.6 Å². The zero-order valence-electron chi connectivity index (χ0n) is 13.6. The van der Waals surface area contributed by atoms with Crippen molar-refractivity contribution in [2.75, 3.05) is 5.32 Å². The highest BCUT2D eigenvalue weighted by Crippen LogP contribution is 2.38. The maximum Gasteiger partial charge on any atom is 0.322 e. The number of nitrogens with zero attached hydrogens (tertiary/aromatic N) is 3. The molecule has 0 spiro atoms. The van der Waals surface area contributed by atoms with Crippen molar-refractivity contribution in [2.45, 2.75) is 51.6 Å². The topological polar surface area (TPSA) is 50.2 Å². The van der Waals surface area contributed by atoms with Crippen molar-refractivity contribution in [1.82, 2.24) is 14.7 Å². The lowest BCUT2D eigenvalue weighted by Crippen LogP contribution is -2.62. The van der Waals surface area contributed by atoms with Crippen LogP contribution in [0.3, 0.4) is 0 Å². The van der Waals surface area contributed by atoms with Gasteiger partial charge in [0.15, 0.2) is 0 Å². The van der Waals surface area contributed by atoms with Crippen molar-refractivity contribution in [1.29, 1.82) is 0 Å². The van der Waals surface area contributed by atoms with Gasteiger partial charge in [0, 0.05) is 24.0 Å². The van der Waals surface area contributed by atoms with Crippen molar-refractivity contribution in [3.8, 4) is 5.69 Å². The monoisotopic (exact) mass is 310 g/mol. The van der Waals surface area contributed by atoms with E-state index in [0.29, 0.717) is 12.1 Å². The molecule has 1 aromatic heterocycles. The Balaban J connectivity index is 1.54. The minimum absolute atomic E-state index is 0.0393. The molecule has 5 nitrogen and oxygen atoms in total. The quantitative estimate of drug-likeness (QED) is 0.920. The predicted octanol–water partition coefficient (Wildman–Crippen LogP) is 3.65. The van der Waals surface area contributed by atoms with Gasteiger partial charge in [0.1, 0.15) is 0 Å². The molecule has 2 atom stereocenters. The van der Waals surface area contributed by atoms with Crippen molar-refractivity contribution >= 4 is 11.7 Å². The first-order chi connectivity index (χ1) is 11.1. The van der Waals surface area contributed by atoms with Gasteiger partial charge in [-0.25, -0.2) is 9.48 Å². The Bertz CT molecular complexity index is 737. The molecule has 2 aromatic rings. The zero-order valence-corrected chi connectivity index (χ0v) is 13.6. The van der Waals surface area contributed by atoms with Crippen molar-refractivity contribution in [3.05, 3.63) is 41.7 Å². The SMILES string of the molecule is Cc1cnn(-c2cc(NC(=O)N3C4CCCC3C4)ccc2C)c1. The van der Waals surface area contributed by atoms with Gasteiger partial charge in [-0.15, -0.1) is 0 Å². The van der Waals surface area contributed by atoms with Gasteiger partial charge in [0.2, 0.25) is 0 Å². The fourth-order valence-electron chi connectivity index (χ4n) is 3.80. The van der Waals surface area contributed by atoms with Crippen LogP contribution in [0, 0.1) is 13.8 Å². The molecule has 0 saturated carbocycles. The summed E-state index contributed by atoms with van der Waals surface area (Å²) in [6.07, 6.45) is 8.57. The molecule has 4 rings (SSSR count). The van der Waals surface area contributed by atoms with Crippen molar-refractivity contribution < 1.29 is 4.79 Å². The lowest BCUT2D eigenvalue weighted by molar-refractivity contribution is 0.0173. The largest absolute Gasteiger partial charge is 0.322 e. The first-order valence-electron chi connectivity index (χ1n) is 8.33. The van der Waals surface area contributed by atoms with Crippen molar-refractivity contribution in [2.24, 2.45) is 0 Å². The fourth-order valence-corrected chi connectivity index (χ4v) is 3.80. The predicted molar refractivity (Wildman–Crippen MR) is 89.9 cm³/mol. The number of amides is 2. The van der Waals surface area contributed by atoms with E-state index in [0.717, 1.165) is 35.3 Å². The van der Waals surface area contributed by atoms with Crippen LogP contribution in [0.25, 0.3) is 5.69 Å². The average molecular weight is 310 g/mol. The van der Waals surface area contributed by atoms with Gasteiger partial charge in [-0.1, -0.05) is 6.07 Å². The molecule has 2 amide bonds.